The molecule has 0 amide bonds. The van der Waals surface area contributed by atoms with Gasteiger partial charge in [0.15, 0.2) is 0 Å². The first-order valence-electron chi connectivity index (χ1n) is 10.6. The number of anilines is 1. The average Bonchev–Trinajstić information content (AvgIpc) is 3.45. The van der Waals surface area contributed by atoms with Crippen LogP contribution in [0.15, 0.2) is 54.9 Å². The number of rotatable bonds is 5. The third kappa shape index (κ3) is 4.54. The molecule has 0 bridgehead atoms. The Bertz CT molecular complexity index is 1630. The standard InChI is InChI=1S/C24H17F3N8O/c1-13-14(9-28)3-2-4-17(13)20-8-21(32-23(29)31-20)22-12-35(34-33-22)11-15-10-30-19-6-5-16(7-18(15)19)36-24(25,26)27/h2-8,10,12,30H,11H2,1H3,(H2,29,31,32). The van der Waals surface area contributed by atoms with Crippen LogP contribution in [0.4, 0.5) is 19.1 Å². The predicted molar refractivity (Wildman–Crippen MR) is 124 cm³/mol. The van der Waals surface area contributed by atoms with Crippen LogP contribution < -0.4 is 10.5 Å². The van der Waals surface area contributed by atoms with Gasteiger partial charge in [-0.15, -0.1) is 18.3 Å². The minimum absolute atomic E-state index is 0.0348. The Kier molecular flexibility index (Phi) is 5.52. The SMILES string of the molecule is Cc1c(C#N)cccc1-c1cc(-c2cn(Cc3c[nH]c4ccc(OC(F)(F)F)cc34)nn2)nc(N)n1. The molecule has 0 spiro atoms. The fourth-order valence-electron chi connectivity index (χ4n) is 3.92. The maximum atomic E-state index is 12.6. The van der Waals surface area contributed by atoms with E-state index in [1.54, 1.807) is 30.6 Å². The van der Waals surface area contributed by atoms with Crippen LogP contribution in [0.1, 0.15) is 16.7 Å². The molecule has 2 aromatic carbocycles. The van der Waals surface area contributed by atoms with E-state index in [-0.39, 0.29) is 18.2 Å². The average molecular weight is 490 g/mol. The van der Waals surface area contributed by atoms with E-state index in [0.29, 0.717) is 39.1 Å². The van der Waals surface area contributed by atoms with Gasteiger partial charge in [-0.25, -0.2) is 14.6 Å². The monoisotopic (exact) mass is 490 g/mol. The van der Waals surface area contributed by atoms with Gasteiger partial charge in [0.1, 0.15) is 11.4 Å². The van der Waals surface area contributed by atoms with Crippen molar-refractivity contribution in [3.05, 3.63) is 71.5 Å². The Hall–Kier alpha value is -4.92. The molecule has 180 valence electrons. The molecule has 0 atom stereocenters. The normalized spacial score (nSPS) is 11.5. The highest BCUT2D eigenvalue weighted by atomic mass is 19.4. The Morgan fingerprint density at radius 1 is 1.11 bits per heavy atom. The lowest BCUT2D eigenvalue weighted by molar-refractivity contribution is -0.274. The van der Waals surface area contributed by atoms with Crippen molar-refractivity contribution < 1.29 is 17.9 Å². The maximum absolute atomic E-state index is 12.6. The molecule has 12 heteroatoms. The smallest absolute Gasteiger partial charge is 0.406 e. The molecule has 0 aliphatic carbocycles. The zero-order valence-corrected chi connectivity index (χ0v) is 18.7. The van der Waals surface area contributed by atoms with Crippen LogP contribution in [-0.4, -0.2) is 36.3 Å². The number of nitrogens with zero attached hydrogens (tertiary/aromatic N) is 6. The molecule has 3 aromatic heterocycles. The molecule has 0 saturated carbocycles. The third-order valence-electron chi connectivity index (χ3n) is 5.58. The van der Waals surface area contributed by atoms with Crippen LogP contribution >= 0.6 is 0 Å². The number of benzene rings is 2. The van der Waals surface area contributed by atoms with E-state index in [1.807, 2.05) is 13.0 Å². The molecule has 0 radical (unpaired) electrons. The second-order valence-electron chi connectivity index (χ2n) is 7.96. The van der Waals surface area contributed by atoms with E-state index >= 15 is 0 Å². The second-order valence-corrected chi connectivity index (χ2v) is 7.96. The number of aromatic amines is 1. The highest BCUT2D eigenvalue weighted by molar-refractivity contribution is 5.84. The number of nitrogens with one attached hydrogen (secondary N) is 1. The van der Waals surface area contributed by atoms with Crippen LogP contribution in [0.5, 0.6) is 5.75 Å². The molecule has 0 aliphatic heterocycles. The number of aromatic nitrogens is 6. The Labute approximate surface area is 202 Å². The number of nitrogen functional groups attached to an aromatic ring is 1. The number of fused-ring (bicyclic) bond motifs is 1. The molecule has 0 fully saturated rings. The number of nitriles is 1. The zero-order chi connectivity index (χ0) is 25.4. The summed E-state index contributed by atoms with van der Waals surface area (Å²) in [4.78, 5) is 11.6. The topological polar surface area (TPSA) is 131 Å². The van der Waals surface area contributed by atoms with Crippen LogP contribution in [0.25, 0.3) is 33.5 Å². The zero-order valence-electron chi connectivity index (χ0n) is 18.7. The van der Waals surface area contributed by atoms with Gasteiger partial charge in [-0.3, -0.25) is 0 Å². The summed E-state index contributed by atoms with van der Waals surface area (Å²) in [6.45, 7) is 2.06. The summed E-state index contributed by atoms with van der Waals surface area (Å²) in [5.74, 6) is -0.275. The summed E-state index contributed by atoms with van der Waals surface area (Å²) in [5.41, 5.74) is 10.7. The quantitative estimate of drug-likeness (QED) is 0.368. The number of ether oxygens (including phenoxy) is 1. The van der Waals surface area contributed by atoms with Gasteiger partial charge >= 0.3 is 6.36 Å². The molecule has 0 saturated heterocycles. The molecule has 3 heterocycles. The summed E-state index contributed by atoms with van der Waals surface area (Å²) < 4.78 is 43.4. The molecule has 5 aromatic rings. The van der Waals surface area contributed by atoms with E-state index in [4.69, 9.17) is 5.73 Å². The molecule has 3 N–H and O–H groups in total. The van der Waals surface area contributed by atoms with E-state index < -0.39 is 6.36 Å². The van der Waals surface area contributed by atoms with Crippen molar-refractivity contribution in [3.8, 4) is 34.5 Å². The van der Waals surface area contributed by atoms with Crippen LogP contribution in [0, 0.1) is 18.3 Å². The summed E-state index contributed by atoms with van der Waals surface area (Å²) in [6, 6.07) is 13.3. The fraction of sp³-hybridized carbons (Fsp3) is 0.125. The van der Waals surface area contributed by atoms with Crippen molar-refractivity contribution in [2.45, 2.75) is 19.8 Å². The van der Waals surface area contributed by atoms with Gasteiger partial charge < -0.3 is 15.5 Å². The Morgan fingerprint density at radius 3 is 2.69 bits per heavy atom. The summed E-state index contributed by atoms with van der Waals surface area (Å²) >= 11 is 0. The van der Waals surface area contributed by atoms with E-state index in [9.17, 15) is 18.4 Å². The first-order valence-corrected chi connectivity index (χ1v) is 10.6. The first-order chi connectivity index (χ1) is 17.2. The van der Waals surface area contributed by atoms with Crippen molar-refractivity contribution in [1.82, 2.24) is 29.9 Å². The molecular formula is C24H17F3N8O. The third-order valence-corrected chi connectivity index (χ3v) is 5.58. The number of halogens is 3. The van der Waals surface area contributed by atoms with Crippen molar-refractivity contribution >= 4 is 16.9 Å². The summed E-state index contributed by atoms with van der Waals surface area (Å²) in [6.07, 6.45) is -1.44. The molecule has 9 nitrogen and oxygen atoms in total. The number of alkyl halides is 3. The molecule has 36 heavy (non-hydrogen) atoms. The van der Waals surface area contributed by atoms with Gasteiger partial charge in [0.05, 0.1) is 35.8 Å². The lowest BCUT2D eigenvalue weighted by atomic mass is 10.00. The van der Waals surface area contributed by atoms with Crippen molar-refractivity contribution in [2.75, 3.05) is 5.73 Å². The van der Waals surface area contributed by atoms with E-state index in [2.05, 4.69) is 36.1 Å². The van der Waals surface area contributed by atoms with Crippen LogP contribution in [0.2, 0.25) is 0 Å². The van der Waals surface area contributed by atoms with Crippen molar-refractivity contribution in [3.63, 3.8) is 0 Å². The van der Waals surface area contributed by atoms with Crippen LogP contribution in [-0.2, 0) is 6.54 Å². The number of H-pyrrole nitrogens is 1. The minimum Gasteiger partial charge on any atom is -0.406 e. The Morgan fingerprint density at radius 2 is 1.92 bits per heavy atom. The lowest BCUT2D eigenvalue weighted by Crippen LogP contribution is -2.17. The van der Waals surface area contributed by atoms with Gasteiger partial charge in [-0.2, -0.15) is 5.26 Å². The molecule has 0 unspecified atom stereocenters. The fourth-order valence-corrected chi connectivity index (χ4v) is 3.92. The van der Waals surface area contributed by atoms with Gasteiger partial charge in [0.2, 0.25) is 5.95 Å². The summed E-state index contributed by atoms with van der Waals surface area (Å²) in [7, 11) is 0. The van der Waals surface area contributed by atoms with Gasteiger partial charge in [-0.05, 0) is 48.4 Å². The minimum atomic E-state index is -4.78. The van der Waals surface area contributed by atoms with Crippen molar-refractivity contribution in [2.24, 2.45) is 0 Å². The Balaban J connectivity index is 1.45. The van der Waals surface area contributed by atoms with Gasteiger partial charge in [0, 0.05) is 22.7 Å². The summed E-state index contributed by atoms with van der Waals surface area (Å²) in [5, 5.41) is 18.2. The molecule has 0 aliphatic rings. The van der Waals surface area contributed by atoms with Gasteiger partial charge in [0.25, 0.3) is 0 Å². The largest absolute Gasteiger partial charge is 0.573 e. The second kappa shape index (κ2) is 8.70. The highest BCUT2D eigenvalue weighted by Gasteiger charge is 2.31. The molecular weight excluding hydrogens is 473 g/mol. The van der Waals surface area contributed by atoms with Gasteiger partial charge in [-0.1, -0.05) is 17.3 Å². The predicted octanol–water partition coefficient (Wildman–Crippen LogP) is 4.59. The number of hydrogen-bond donors (Lipinski definition) is 2. The molecule has 5 rings (SSSR count). The number of nitrogens with two attached hydrogens (primary N) is 1. The first kappa shape index (κ1) is 22.9. The number of hydrogen-bond acceptors (Lipinski definition) is 7. The van der Waals surface area contributed by atoms with E-state index in [1.165, 1.54) is 22.9 Å². The lowest BCUT2D eigenvalue weighted by Gasteiger charge is -2.09. The highest BCUT2D eigenvalue weighted by Crippen LogP contribution is 2.30. The van der Waals surface area contributed by atoms with Crippen LogP contribution in [0.3, 0.4) is 0 Å². The van der Waals surface area contributed by atoms with E-state index in [0.717, 1.165) is 11.1 Å². The van der Waals surface area contributed by atoms with Crippen molar-refractivity contribution in [1.29, 1.82) is 5.26 Å². The maximum Gasteiger partial charge on any atom is 0.573 e.